The highest BCUT2D eigenvalue weighted by molar-refractivity contribution is 5.86. The Morgan fingerprint density at radius 2 is 2.15 bits per heavy atom. The lowest BCUT2D eigenvalue weighted by molar-refractivity contribution is -0.126. The van der Waals surface area contributed by atoms with Gasteiger partial charge in [-0.25, -0.2) is 4.79 Å². The van der Waals surface area contributed by atoms with E-state index in [1.54, 1.807) is 24.3 Å². The Morgan fingerprint density at radius 1 is 1.40 bits per heavy atom. The largest absolute Gasteiger partial charge is 0.416 e. The highest BCUT2D eigenvalue weighted by Gasteiger charge is 2.32. The maximum Gasteiger partial charge on any atom is 0.416 e. The number of nitrogens with one attached hydrogen (secondary N) is 2. The number of para-hydroxylation sites is 1. The number of amides is 2. The fraction of sp³-hybridized carbons (Fsp3) is 0.429. The van der Waals surface area contributed by atoms with E-state index in [4.69, 9.17) is 4.74 Å². The van der Waals surface area contributed by atoms with Crippen LogP contribution in [0.3, 0.4) is 0 Å². The zero-order valence-corrected chi connectivity index (χ0v) is 11.5. The third-order valence-corrected chi connectivity index (χ3v) is 3.08. The molecule has 2 amide bonds. The van der Waals surface area contributed by atoms with Crippen LogP contribution in [-0.2, 0) is 4.79 Å². The summed E-state index contributed by atoms with van der Waals surface area (Å²) in [6.07, 6.45) is -0.492. The number of carbonyl (C=O) groups is 2. The van der Waals surface area contributed by atoms with Gasteiger partial charge in [0.25, 0.3) is 0 Å². The number of hydrogen-bond donors (Lipinski definition) is 2. The molecule has 20 heavy (non-hydrogen) atoms. The molecule has 1 unspecified atom stereocenters. The number of rotatable bonds is 3. The van der Waals surface area contributed by atoms with Gasteiger partial charge in [0.05, 0.1) is 0 Å². The Kier molecular flexibility index (Phi) is 4.95. The molecule has 1 heterocycles. The minimum absolute atomic E-state index is 0.162. The summed E-state index contributed by atoms with van der Waals surface area (Å²) >= 11 is 0. The SMILES string of the molecule is CCNC(=O)C1CNCCN1C(=O)Oc1ccccc1. The van der Waals surface area contributed by atoms with Crippen LogP contribution >= 0.6 is 0 Å². The smallest absolute Gasteiger partial charge is 0.410 e. The maximum atomic E-state index is 12.2. The molecule has 0 aliphatic carbocycles. The van der Waals surface area contributed by atoms with E-state index in [1.807, 2.05) is 13.0 Å². The van der Waals surface area contributed by atoms with Crippen molar-refractivity contribution in [2.45, 2.75) is 13.0 Å². The second-order valence-corrected chi connectivity index (χ2v) is 4.49. The highest BCUT2D eigenvalue weighted by atomic mass is 16.6. The predicted molar refractivity (Wildman–Crippen MR) is 74.5 cm³/mol. The third-order valence-electron chi connectivity index (χ3n) is 3.08. The molecule has 1 aliphatic heterocycles. The molecule has 6 heteroatoms. The number of likely N-dealkylation sites (N-methyl/N-ethyl adjacent to an activating group) is 1. The fourth-order valence-corrected chi connectivity index (χ4v) is 2.10. The van der Waals surface area contributed by atoms with Gasteiger partial charge in [-0.05, 0) is 19.1 Å². The summed E-state index contributed by atoms with van der Waals surface area (Å²) < 4.78 is 5.29. The normalized spacial score (nSPS) is 18.4. The average molecular weight is 277 g/mol. The summed E-state index contributed by atoms with van der Waals surface area (Å²) in [7, 11) is 0. The Balaban J connectivity index is 2.03. The zero-order chi connectivity index (χ0) is 14.4. The molecule has 108 valence electrons. The summed E-state index contributed by atoms with van der Waals surface area (Å²) in [6.45, 7) is 3.93. The number of ether oxygens (including phenoxy) is 1. The molecule has 2 rings (SSSR count). The van der Waals surface area contributed by atoms with Crippen molar-refractivity contribution in [1.29, 1.82) is 0 Å². The van der Waals surface area contributed by atoms with Crippen LogP contribution in [0.25, 0.3) is 0 Å². The molecule has 0 aromatic heterocycles. The molecule has 1 fully saturated rings. The lowest BCUT2D eigenvalue weighted by Crippen LogP contribution is -2.60. The molecule has 1 saturated heterocycles. The van der Waals surface area contributed by atoms with Crippen LogP contribution < -0.4 is 15.4 Å². The second kappa shape index (κ2) is 6.91. The molecule has 1 aromatic rings. The molecule has 1 aliphatic rings. The van der Waals surface area contributed by atoms with Crippen LogP contribution in [0.4, 0.5) is 4.79 Å². The molecule has 0 spiro atoms. The number of benzene rings is 1. The van der Waals surface area contributed by atoms with Crippen molar-refractivity contribution in [3.05, 3.63) is 30.3 Å². The maximum absolute atomic E-state index is 12.2. The lowest BCUT2D eigenvalue weighted by Gasteiger charge is -2.34. The average Bonchev–Trinajstić information content (AvgIpc) is 2.48. The van der Waals surface area contributed by atoms with E-state index in [1.165, 1.54) is 4.90 Å². The van der Waals surface area contributed by atoms with Crippen LogP contribution in [0.2, 0.25) is 0 Å². The Labute approximate surface area is 118 Å². The molecule has 0 bridgehead atoms. The molecule has 0 radical (unpaired) electrons. The molecule has 2 N–H and O–H groups in total. The quantitative estimate of drug-likeness (QED) is 0.848. The summed E-state index contributed by atoms with van der Waals surface area (Å²) in [6, 6.07) is 8.32. The van der Waals surface area contributed by atoms with Crippen LogP contribution in [0.5, 0.6) is 5.75 Å². The van der Waals surface area contributed by atoms with Gasteiger partial charge in [0, 0.05) is 26.2 Å². The van der Waals surface area contributed by atoms with Crippen molar-refractivity contribution in [3.8, 4) is 5.75 Å². The molecule has 1 atom stereocenters. The van der Waals surface area contributed by atoms with E-state index in [9.17, 15) is 9.59 Å². The van der Waals surface area contributed by atoms with Gasteiger partial charge >= 0.3 is 6.09 Å². The van der Waals surface area contributed by atoms with Crippen LogP contribution in [0.15, 0.2) is 30.3 Å². The summed E-state index contributed by atoms with van der Waals surface area (Å²) in [4.78, 5) is 25.6. The summed E-state index contributed by atoms with van der Waals surface area (Å²) in [5.41, 5.74) is 0. The number of piperazine rings is 1. The zero-order valence-electron chi connectivity index (χ0n) is 11.5. The van der Waals surface area contributed by atoms with E-state index in [0.717, 1.165) is 0 Å². The third kappa shape index (κ3) is 3.48. The van der Waals surface area contributed by atoms with Crippen molar-refractivity contribution in [2.24, 2.45) is 0 Å². The van der Waals surface area contributed by atoms with Crippen molar-refractivity contribution < 1.29 is 14.3 Å². The van der Waals surface area contributed by atoms with Crippen molar-refractivity contribution in [3.63, 3.8) is 0 Å². The lowest BCUT2D eigenvalue weighted by atomic mass is 10.2. The van der Waals surface area contributed by atoms with Crippen LogP contribution in [-0.4, -0.2) is 49.1 Å². The van der Waals surface area contributed by atoms with Gasteiger partial charge in [0.1, 0.15) is 11.8 Å². The van der Waals surface area contributed by atoms with Gasteiger partial charge in [-0.1, -0.05) is 18.2 Å². The van der Waals surface area contributed by atoms with Crippen molar-refractivity contribution >= 4 is 12.0 Å². The first-order chi connectivity index (χ1) is 9.72. The van der Waals surface area contributed by atoms with Gasteiger partial charge in [0.15, 0.2) is 0 Å². The highest BCUT2D eigenvalue weighted by Crippen LogP contribution is 2.12. The summed E-state index contributed by atoms with van der Waals surface area (Å²) in [5.74, 6) is 0.315. The minimum atomic E-state index is -0.528. The fourth-order valence-electron chi connectivity index (χ4n) is 2.10. The van der Waals surface area contributed by atoms with E-state index in [2.05, 4.69) is 10.6 Å². The number of carbonyl (C=O) groups excluding carboxylic acids is 2. The molecule has 0 saturated carbocycles. The van der Waals surface area contributed by atoms with Gasteiger partial charge < -0.3 is 15.4 Å². The molecular formula is C14H19N3O3. The first-order valence-electron chi connectivity index (χ1n) is 6.74. The summed E-state index contributed by atoms with van der Waals surface area (Å²) in [5, 5.41) is 5.85. The van der Waals surface area contributed by atoms with Gasteiger partial charge in [-0.15, -0.1) is 0 Å². The van der Waals surface area contributed by atoms with E-state index in [0.29, 0.717) is 31.9 Å². The van der Waals surface area contributed by atoms with E-state index in [-0.39, 0.29) is 5.91 Å². The number of nitrogens with zero attached hydrogens (tertiary/aromatic N) is 1. The monoisotopic (exact) mass is 277 g/mol. The minimum Gasteiger partial charge on any atom is -0.410 e. The van der Waals surface area contributed by atoms with E-state index >= 15 is 0 Å². The Bertz CT molecular complexity index is 464. The topological polar surface area (TPSA) is 70.7 Å². The van der Waals surface area contributed by atoms with E-state index < -0.39 is 12.1 Å². The van der Waals surface area contributed by atoms with Crippen LogP contribution in [0.1, 0.15) is 6.92 Å². The van der Waals surface area contributed by atoms with Gasteiger partial charge in [-0.2, -0.15) is 0 Å². The second-order valence-electron chi connectivity index (χ2n) is 4.49. The molecule has 1 aromatic carbocycles. The standard InChI is InChI=1S/C14H19N3O3/c1-2-16-13(18)12-10-15-8-9-17(12)14(19)20-11-6-4-3-5-7-11/h3-7,12,15H,2,8-10H2,1H3,(H,16,18). The predicted octanol–water partition coefficient (Wildman–Crippen LogP) is 0.595. The first-order valence-corrected chi connectivity index (χ1v) is 6.74. The van der Waals surface area contributed by atoms with Crippen molar-refractivity contribution in [2.75, 3.05) is 26.2 Å². The molecule has 6 nitrogen and oxygen atoms in total. The first kappa shape index (κ1) is 14.3. The van der Waals surface area contributed by atoms with Crippen molar-refractivity contribution in [1.82, 2.24) is 15.5 Å². The Morgan fingerprint density at radius 3 is 2.85 bits per heavy atom. The number of hydrogen-bond acceptors (Lipinski definition) is 4. The van der Waals surface area contributed by atoms with Gasteiger partial charge in [0.2, 0.25) is 5.91 Å². The van der Waals surface area contributed by atoms with Crippen LogP contribution in [0, 0.1) is 0 Å². The Hall–Kier alpha value is -2.08. The van der Waals surface area contributed by atoms with Gasteiger partial charge in [-0.3, -0.25) is 9.69 Å². The molecular weight excluding hydrogens is 258 g/mol.